The molecule has 1 saturated carbocycles. The number of ether oxygens (including phenoxy) is 1. The maximum absolute atomic E-state index is 12.9. The molecule has 0 radical (unpaired) electrons. The SMILES string of the molecule is Cc1cc(Oc2ccc(C3CC3)nc2)cc(C(=O)Nc2ccc(F)cn2)n1. The van der Waals surface area contributed by atoms with Crippen LogP contribution in [0, 0.1) is 12.7 Å². The van der Waals surface area contributed by atoms with E-state index < -0.39 is 11.7 Å². The highest BCUT2D eigenvalue weighted by molar-refractivity contribution is 6.02. The number of rotatable bonds is 5. The normalized spacial score (nSPS) is 13.3. The van der Waals surface area contributed by atoms with E-state index in [4.69, 9.17) is 4.74 Å². The Labute approximate surface area is 155 Å². The molecule has 0 unspecified atom stereocenters. The molecule has 1 aliphatic rings. The van der Waals surface area contributed by atoms with Crippen molar-refractivity contribution in [3.8, 4) is 11.5 Å². The monoisotopic (exact) mass is 364 g/mol. The summed E-state index contributed by atoms with van der Waals surface area (Å²) in [6.07, 6.45) is 5.11. The molecule has 0 spiro atoms. The van der Waals surface area contributed by atoms with Gasteiger partial charge in [0.2, 0.25) is 0 Å². The minimum atomic E-state index is -0.473. The predicted molar refractivity (Wildman–Crippen MR) is 97.4 cm³/mol. The highest BCUT2D eigenvalue weighted by atomic mass is 19.1. The molecule has 1 fully saturated rings. The van der Waals surface area contributed by atoms with E-state index in [-0.39, 0.29) is 11.5 Å². The fourth-order valence-electron chi connectivity index (χ4n) is 2.65. The number of hydrogen-bond donors (Lipinski definition) is 1. The fraction of sp³-hybridized carbons (Fsp3) is 0.200. The number of pyridine rings is 3. The van der Waals surface area contributed by atoms with Crippen molar-refractivity contribution in [2.45, 2.75) is 25.7 Å². The lowest BCUT2D eigenvalue weighted by Gasteiger charge is -2.09. The van der Waals surface area contributed by atoms with Crippen molar-refractivity contribution in [2.75, 3.05) is 5.32 Å². The van der Waals surface area contributed by atoms with Gasteiger partial charge in [0.1, 0.15) is 28.8 Å². The summed E-state index contributed by atoms with van der Waals surface area (Å²) in [7, 11) is 0. The van der Waals surface area contributed by atoms with Gasteiger partial charge >= 0.3 is 0 Å². The Morgan fingerprint density at radius 1 is 1.11 bits per heavy atom. The molecule has 1 amide bonds. The van der Waals surface area contributed by atoms with Crippen LogP contribution in [0.5, 0.6) is 11.5 Å². The first-order valence-corrected chi connectivity index (χ1v) is 8.62. The van der Waals surface area contributed by atoms with Gasteiger partial charge in [-0.05, 0) is 44.0 Å². The third-order valence-corrected chi connectivity index (χ3v) is 4.12. The highest BCUT2D eigenvalue weighted by Gasteiger charge is 2.24. The second-order valence-electron chi connectivity index (χ2n) is 6.44. The first-order chi connectivity index (χ1) is 13.1. The van der Waals surface area contributed by atoms with Crippen LogP contribution in [0.2, 0.25) is 0 Å². The van der Waals surface area contributed by atoms with Crippen molar-refractivity contribution >= 4 is 11.7 Å². The van der Waals surface area contributed by atoms with Gasteiger partial charge in [-0.1, -0.05) is 0 Å². The molecule has 3 heterocycles. The van der Waals surface area contributed by atoms with E-state index in [1.807, 2.05) is 12.1 Å². The number of carbonyl (C=O) groups excluding carboxylic acids is 1. The first-order valence-electron chi connectivity index (χ1n) is 8.62. The lowest BCUT2D eigenvalue weighted by atomic mass is 10.2. The minimum absolute atomic E-state index is 0.179. The van der Waals surface area contributed by atoms with Crippen molar-refractivity contribution in [2.24, 2.45) is 0 Å². The van der Waals surface area contributed by atoms with Crippen molar-refractivity contribution in [3.63, 3.8) is 0 Å². The van der Waals surface area contributed by atoms with Crippen molar-refractivity contribution < 1.29 is 13.9 Å². The van der Waals surface area contributed by atoms with Crippen molar-refractivity contribution in [1.29, 1.82) is 0 Å². The number of carbonyl (C=O) groups is 1. The fourth-order valence-corrected chi connectivity index (χ4v) is 2.65. The van der Waals surface area contributed by atoms with Crippen LogP contribution in [0.3, 0.4) is 0 Å². The van der Waals surface area contributed by atoms with Gasteiger partial charge in [-0.2, -0.15) is 0 Å². The molecule has 0 atom stereocenters. The van der Waals surface area contributed by atoms with Gasteiger partial charge in [-0.25, -0.2) is 14.4 Å². The molecule has 3 aromatic rings. The quantitative estimate of drug-likeness (QED) is 0.733. The molecule has 0 bridgehead atoms. The molecule has 6 nitrogen and oxygen atoms in total. The second kappa shape index (κ2) is 7.11. The minimum Gasteiger partial charge on any atom is -0.456 e. The van der Waals surface area contributed by atoms with Gasteiger partial charge in [-0.15, -0.1) is 0 Å². The van der Waals surface area contributed by atoms with E-state index in [9.17, 15) is 9.18 Å². The van der Waals surface area contributed by atoms with Crippen LogP contribution in [0.25, 0.3) is 0 Å². The Bertz CT molecular complexity index is 970. The van der Waals surface area contributed by atoms with E-state index in [0.29, 0.717) is 23.1 Å². The molecule has 136 valence electrons. The van der Waals surface area contributed by atoms with Crippen LogP contribution < -0.4 is 10.1 Å². The lowest BCUT2D eigenvalue weighted by molar-refractivity contribution is 0.102. The zero-order valence-corrected chi connectivity index (χ0v) is 14.6. The largest absolute Gasteiger partial charge is 0.456 e. The van der Waals surface area contributed by atoms with Crippen LogP contribution in [0.1, 0.15) is 40.6 Å². The molecule has 7 heteroatoms. The number of halogens is 1. The van der Waals surface area contributed by atoms with Crippen LogP contribution >= 0.6 is 0 Å². The second-order valence-corrected chi connectivity index (χ2v) is 6.44. The van der Waals surface area contributed by atoms with Gasteiger partial charge in [-0.3, -0.25) is 9.78 Å². The third-order valence-electron chi connectivity index (χ3n) is 4.12. The first kappa shape index (κ1) is 17.1. The number of anilines is 1. The average molecular weight is 364 g/mol. The summed E-state index contributed by atoms with van der Waals surface area (Å²) in [5.41, 5.74) is 1.89. The zero-order valence-electron chi connectivity index (χ0n) is 14.6. The number of amides is 1. The summed E-state index contributed by atoms with van der Waals surface area (Å²) in [6.45, 7) is 1.77. The van der Waals surface area contributed by atoms with Crippen LogP contribution in [0.4, 0.5) is 10.2 Å². The van der Waals surface area contributed by atoms with Crippen LogP contribution in [-0.4, -0.2) is 20.9 Å². The predicted octanol–water partition coefficient (Wildman–Crippen LogP) is 4.24. The Hall–Kier alpha value is -3.35. The maximum Gasteiger partial charge on any atom is 0.275 e. The number of nitrogens with zero attached hydrogens (tertiary/aromatic N) is 3. The summed E-state index contributed by atoms with van der Waals surface area (Å²) in [5.74, 6) is 0.977. The molecule has 4 rings (SSSR count). The standard InChI is InChI=1S/C20H17FN4O2/c1-12-8-16(27-15-5-6-17(22-11-15)13-2-3-13)9-18(24-12)20(26)25-19-7-4-14(21)10-23-19/h4-11,13H,2-3H2,1H3,(H,23,25,26). The van der Waals surface area contributed by atoms with Gasteiger partial charge in [0.05, 0.1) is 12.4 Å². The Morgan fingerprint density at radius 3 is 2.63 bits per heavy atom. The number of aromatic nitrogens is 3. The van der Waals surface area contributed by atoms with Gasteiger partial charge < -0.3 is 10.1 Å². The molecule has 3 aromatic heterocycles. The zero-order chi connectivity index (χ0) is 18.8. The maximum atomic E-state index is 12.9. The summed E-state index contributed by atoms with van der Waals surface area (Å²) < 4.78 is 18.7. The molecule has 0 aliphatic heterocycles. The Balaban J connectivity index is 1.49. The topological polar surface area (TPSA) is 77.0 Å². The lowest BCUT2D eigenvalue weighted by Crippen LogP contribution is -2.15. The molecule has 0 saturated heterocycles. The average Bonchev–Trinajstić information content (AvgIpc) is 3.49. The van der Waals surface area contributed by atoms with E-state index in [1.165, 1.54) is 25.0 Å². The molecular formula is C20H17FN4O2. The smallest absolute Gasteiger partial charge is 0.275 e. The molecule has 27 heavy (non-hydrogen) atoms. The summed E-state index contributed by atoms with van der Waals surface area (Å²) in [4.78, 5) is 24.9. The van der Waals surface area contributed by atoms with E-state index >= 15 is 0 Å². The van der Waals surface area contributed by atoms with E-state index in [2.05, 4.69) is 20.3 Å². The molecule has 0 aromatic carbocycles. The summed E-state index contributed by atoms with van der Waals surface area (Å²) >= 11 is 0. The van der Waals surface area contributed by atoms with Gasteiger partial charge in [0.25, 0.3) is 5.91 Å². The highest BCUT2D eigenvalue weighted by Crippen LogP contribution is 2.39. The number of hydrogen-bond acceptors (Lipinski definition) is 5. The molecule has 1 N–H and O–H groups in total. The summed E-state index contributed by atoms with van der Waals surface area (Å²) in [6, 6.07) is 9.72. The van der Waals surface area contributed by atoms with Gasteiger partial charge in [0.15, 0.2) is 0 Å². The Kier molecular flexibility index (Phi) is 4.50. The van der Waals surface area contributed by atoms with Crippen molar-refractivity contribution in [1.82, 2.24) is 15.0 Å². The van der Waals surface area contributed by atoms with E-state index in [0.717, 1.165) is 11.9 Å². The van der Waals surface area contributed by atoms with Crippen LogP contribution in [0.15, 0.2) is 48.8 Å². The van der Waals surface area contributed by atoms with Crippen molar-refractivity contribution in [3.05, 3.63) is 71.7 Å². The van der Waals surface area contributed by atoms with E-state index in [1.54, 1.807) is 25.3 Å². The van der Waals surface area contributed by atoms with Gasteiger partial charge in [0, 0.05) is 29.4 Å². The molecule has 1 aliphatic carbocycles. The third kappa shape index (κ3) is 4.25. The number of nitrogens with one attached hydrogen (secondary N) is 1. The summed E-state index contributed by atoms with van der Waals surface area (Å²) in [5, 5.41) is 2.58. The molecular weight excluding hydrogens is 347 g/mol. The number of aryl methyl sites for hydroxylation is 1. The van der Waals surface area contributed by atoms with Crippen LogP contribution in [-0.2, 0) is 0 Å². The Morgan fingerprint density at radius 2 is 1.96 bits per heavy atom.